The summed E-state index contributed by atoms with van der Waals surface area (Å²) in [6.45, 7) is 3.24. The molecule has 1 unspecified atom stereocenters. The first-order chi connectivity index (χ1) is 17.4. The Hall–Kier alpha value is -3.35. The highest BCUT2D eigenvalue weighted by molar-refractivity contribution is 5.85. The molecule has 3 fully saturated rings. The number of hydrogen-bond acceptors (Lipinski definition) is 9. The molecule has 2 saturated heterocycles. The van der Waals surface area contributed by atoms with Crippen molar-refractivity contribution in [3.05, 3.63) is 18.4 Å². The standard InChI is InChI=1S/C23H29F2N9O2/c24-23(25)7-5-15(6-8-23)31-10-12-32(13-11-31)19(35)16-3-1-9-33(16)21-28-20(26)34-22(29-21)27-18(30-34)17-4-2-14-36-17/h2,4,14-16H,1,3,5-13H2,(H2,26,27,28,29,30). The second-order valence-electron chi connectivity index (χ2n) is 9.81. The van der Waals surface area contributed by atoms with Crippen molar-refractivity contribution in [3.63, 3.8) is 0 Å². The van der Waals surface area contributed by atoms with Crippen LogP contribution in [0.15, 0.2) is 22.8 Å². The van der Waals surface area contributed by atoms with E-state index in [9.17, 15) is 13.6 Å². The van der Waals surface area contributed by atoms with E-state index in [-0.39, 0.29) is 42.6 Å². The van der Waals surface area contributed by atoms with Crippen molar-refractivity contribution in [1.82, 2.24) is 34.4 Å². The number of carbonyl (C=O) groups excluding carboxylic acids is 1. The van der Waals surface area contributed by atoms with Crippen LogP contribution >= 0.6 is 0 Å². The van der Waals surface area contributed by atoms with E-state index < -0.39 is 5.92 Å². The third kappa shape index (κ3) is 4.25. The molecule has 6 rings (SSSR count). The summed E-state index contributed by atoms with van der Waals surface area (Å²) in [5.41, 5.74) is 6.16. The Bertz CT molecular complexity index is 1230. The van der Waals surface area contributed by atoms with E-state index in [1.54, 1.807) is 12.1 Å². The Morgan fingerprint density at radius 1 is 1.06 bits per heavy atom. The van der Waals surface area contributed by atoms with Crippen LogP contribution in [0.4, 0.5) is 20.7 Å². The number of fused-ring (bicyclic) bond motifs is 1. The number of nitrogen functional groups attached to an aromatic ring is 1. The molecular weight excluding hydrogens is 472 g/mol. The molecule has 3 aliphatic rings. The van der Waals surface area contributed by atoms with Crippen LogP contribution < -0.4 is 10.6 Å². The number of anilines is 2. The predicted molar refractivity (Wildman–Crippen MR) is 126 cm³/mol. The molecule has 0 bridgehead atoms. The van der Waals surface area contributed by atoms with Gasteiger partial charge < -0.3 is 20.0 Å². The molecule has 2 N–H and O–H groups in total. The molecule has 36 heavy (non-hydrogen) atoms. The molecule has 11 nitrogen and oxygen atoms in total. The summed E-state index contributed by atoms with van der Waals surface area (Å²) in [4.78, 5) is 32.9. The number of furan rings is 1. The van der Waals surface area contributed by atoms with Gasteiger partial charge in [-0.2, -0.15) is 19.5 Å². The fourth-order valence-electron chi connectivity index (χ4n) is 5.60. The van der Waals surface area contributed by atoms with Gasteiger partial charge in [-0.3, -0.25) is 9.69 Å². The normalized spacial score (nSPS) is 23.6. The Morgan fingerprint density at radius 3 is 2.56 bits per heavy atom. The van der Waals surface area contributed by atoms with Gasteiger partial charge in [0.05, 0.1) is 6.26 Å². The minimum absolute atomic E-state index is 0.0436. The van der Waals surface area contributed by atoms with Crippen molar-refractivity contribution >= 4 is 23.6 Å². The van der Waals surface area contributed by atoms with Crippen LogP contribution in [0, 0.1) is 0 Å². The Balaban J connectivity index is 1.14. The average molecular weight is 502 g/mol. The highest BCUT2D eigenvalue weighted by Crippen LogP contribution is 2.35. The largest absolute Gasteiger partial charge is 0.461 e. The first kappa shape index (κ1) is 23.1. The Labute approximate surface area is 206 Å². The molecule has 13 heteroatoms. The third-order valence-electron chi connectivity index (χ3n) is 7.59. The minimum atomic E-state index is -2.53. The van der Waals surface area contributed by atoms with Gasteiger partial charge in [0, 0.05) is 51.6 Å². The monoisotopic (exact) mass is 501 g/mol. The van der Waals surface area contributed by atoms with Gasteiger partial charge in [-0.1, -0.05) is 0 Å². The van der Waals surface area contributed by atoms with Gasteiger partial charge >= 0.3 is 0 Å². The first-order valence-corrected chi connectivity index (χ1v) is 12.5. The van der Waals surface area contributed by atoms with Gasteiger partial charge in [-0.05, 0) is 37.8 Å². The second kappa shape index (κ2) is 8.95. The van der Waals surface area contributed by atoms with Gasteiger partial charge in [0.1, 0.15) is 6.04 Å². The predicted octanol–water partition coefficient (Wildman–Crippen LogP) is 2.05. The SMILES string of the molecule is Nc1nc(N2CCCC2C(=O)N2CCN(C3CCC(F)(F)CC3)CC2)nc2nc(-c3ccco3)nn12. The van der Waals surface area contributed by atoms with Crippen LogP contribution in [0.2, 0.25) is 0 Å². The van der Waals surface area contributed by atoms with Gasteiger partial charge in [0.15, 0.2) is 5.76 Å². The number of hydrogen-bond donors (Lipinski definition) is 1. The molecular formula is C23H29F2N9O2. The van der Waals surface area contributed by atoms with Crippen LogP contribution in [0.3, 0.4) is 0 Å². The molecule has 3 aromatic heterocycles. The van der Waals surface area contributed by atoms with Crippen molar-refractivity contribution in [2.45, 2.75) is 56.5 Å². The number of alkyl halides is 2. The van der Waals surface area contributed by atoms with E-state index in [0.29, 0.717) is 69.5 Å². The summed E-state index contributed by atoms with van der Waals surface area (Å²) < 4.78 is 33.8. The molecule has 1 amide bonds. The lowest BCUT2D eigenvalue weighted by Gasteiger charge is -2.42. The molecule has 1 atom stereocenters. The van der Waals surface area contributed by atoms with Gasteiger partial charge in [-0.25, -0.2) is 8.78 Å². The molecule has 0 radical (unpaired) electrons. The van der Waals surface area contributed by atoms with Crippen molar-refractivity contribution in [2.24, 2.45) is 0 Å². The van der Waals surface area contributed by atoms with E-state index in [1.165, 1.54) is 10.8 Å². The van der Waals surface area contributed by atoms with Crippen LogP contribution in [0.1, 0.15) is 38.5 Å². The van der Waals surface area contributed by atoms with E-state index in [0.717, 1.165) is 6.42 Å². The number of aromatic nitrogens is 5. The smallest absolute Gasteiger partial charge is 0.259 e. The van der Waals surface area contributed by atoms with Crippen LogP contribution in [-0.2, 0) is 4.79 Å². The van der Waals surface area contributed by atoms with Gasteiger partial charge in [0.2, 0.25) is 29.6 Å². The zero-order chi connectivity index (χ0) is 24.9. The fourth-order valence-corrected chi connectivity index (χ4v) is 5.60. The number of amides is 1. The summed E-state index contributed by atoms with van der Waals surface area (Å²) in [7, 11) is 0. The van der Waals surface area contributed by atoms with Crippen molar-refractivity contribution < 1.29 is 18.0 Å². The van der Waals surface area contributed by atoms with Crippen LogP contribution in [-0.4, -0.2) is 91.0 Å². The molecule has 0 spiro atoms. The number of carbonyl (C=O) groups is 1. The van der Waals surface area contributed by atoms with Gasteiger partial charge in [0.25, 0.3) is 5.78 Å². The maximum atomic E-state index is 13.5. The maximum Gasteiger partial charge on any atom is 0.259 e. The summed E-state index contributed by atoms with van der Waals surface area (Å²) >= 11 is 0. The number of nitrogens with zero attached hydrogens (tertiary/aromatic N) is 8. The highest BCUT2D eigenvalue weighted by Gasteiger charge is 2.40. The number of piperazine rings is 1. The number of nitrogens with two attached hydrogens (primary N) is 1. The molecule has 0 aromatic carbocycles. The zero-order valence-electron chi connectivity index (χ0n) is 19.9. The van der Waals surface area contributed by atoms with Crippen molar-refractivity contribution in [3.8, 4) is 11.6 Å². The van der Waals surface area contributed by atoms with E-state index in [2.05, 4.69) is 25.0 Å². The fraction of sp³-hybridized carbons (Fsp3) is 0.609. The molecule has 1 aliphatic carbocycles. The molecule has 5 heterocycles. The van der Waals surface area contributed by atoms with Crippen molar-refractivity contribution in [2.75, 3.05) is 43.4 Å². The quantitative estimate of drug-likeness (QED) is 0.572. The Morgan fingerprint density at radius 2 is 1.83 bits per heavy atom. The maximum absolute atomic E-state index is 13.5. The minimum Gasteiger partial charge on any atom is -0.461 e. The van der Waals surface area contributed by atoms with Crippen LogP contribution in [0.25, 0.3) is 17.4 Å². The molecule has 2 aliphatic heterocycles. The Kier molecular flexibility index (Phi) is 5.73. The second-order valence-corrected chi connectivity index (χ2v) is 9.81. The summed E-state index contributed by atoms with van der Waals surface area (Å²) in [5, 5.41) is 4.33. The summed E-state index contributed by atoms with van der Waals surface area (Å²) in [6, 6.07) is 3.30. The van der Waals surface area contributed by atoms with E-state index in [4.69, 9.17) is 10.2 Å². The third-order valence-corrected chi connectivity index (χ3v) is 7.59. The molecule has 1 saturated carbocycles. The zero-order valence-corrected chi connectivity index (χ0v) is 19.9. The number of halogens is 2. The lowest BCUT2D eigenvalue weighted by atomic mass is 9.91. The summed E-state index contributed by atoms with van der Waals surface area (Å²) in [6.07, 6.45) is 4.02. The molecule has 192 valence electrons. The lowest BCUT2D eigenvalue weighted by molar-refractivity contribution is -0.134. The first-order valence-electron chi connectivity index (χ1n) is 12.5. The highest BCUT2D eigenvalue weighted by atomic mass is 19.3. The van der Waals surface area contributed by atoms with Crippen LogP contribution in [0.5, 0.6) is 0 Å². The van der Waals surface area contributed by atoms with E-state index in [1.807, 2.05) is 9.80 Å². The molecule has 3 aromatic rings. The lowest BCUT2D eigenvalue weighted by Crippen LogP contribution is -2.56. The average Bonchev–Trinajstić information content (AvgIpc) is 3.64. The van der Waals surface area contributed by atoms with Crippen molar-refractivity contribution in [1.29, 1.82) is 0 Å². The number of rotatable bonds is 4. The van der Waals surface area contributed by atoms with E-state index >= 15 is 0 Å². The summed E-state index contributed by atoms with van der Waals surface area (Å²) in [5.74, 6) is -0.859. The van der Waals surface area contributed by atoms with Gasteiger partial charge in [-0.15, -0.1) is 5.10 Å². The topological polar surface area (TPSA) is 122 Å².